The van der Waals surface area contributed by atoms with Crippen molar-refractivity contribution in [3.8, 4) is 0 Å². The van der Waals surface area contributed by atoms with Gasteiger partial charge in [-0.3, -0.25) is 9.59 Å². The predicted molar refractivity (Wildman–Crippen MR) is 119 cm³/mol. The number of pyridine rings is 1. The van der Waals surface area contributed by atoms with Gasteiger partial charge in [-0.1, -0.05) is 23.7 Å². The second-order valence-corrected chi connectivity index (χ2v) is 7.23. The molecule has 150 valence electrons. The summed E-state index contributed by atoms with van der Waals surface area (Å²) in [5.41, 5.74) is 2.80. The van der Waals surface area contributed by atoms with Gasteiger partial charge in [0.05, 0.1) is 5.69 Å². The van der Waals surface area contributed by atoms with Crippen LogP contribution in [0.25, 0.3) is 0 Å². The minimum atomic E-state index is -0.463. The fraction of sp³-hybridized carbons (Fsp3) is 0.182. The Morgan fingerprint density at radius 3 is 2.55 bits per heavy atom. The maximum atomic E-state index is 12.8. The van der Waals surface area contributed by atoms with Crippen LogP contribution >= 0.6 is 11.6 Å². The fourth-order valence-electron chi connectivity index (χ4n) is 2.92. The van der Waals surface area contributed by atoms with Gasteiger partial charge in [0.15, 0.2) is 0 Å². The Morgan fingerprint density at radius 2 is 1.86 bits per heavy atom. The molecule has 29 heavy (non-hydrogen) atoms. The van der Waals surface area contributed by atoms with Gasteiger partial charge >= 0.3 is 0 Å². The first-order chi connectivity index (χ1) is 13.9. The third kappa shape index (κ3) is 5.39. The van der Waals surface area contributed by atoms with E-state index in [0.717, 1.165) is 11.3 Å². The Kier molecular flexibility index (Phi) is 6.57. The van der Waals surface area contributed by atoms with E-state index in [0.29, 0.717) is 29.4 Å². The molecule has 1 amide bonds. The van der Waals surface area contributed by atoms with Gasteiger partial charge in [0.2, 0.25) is 0 Å². The van der Waals surface area contributed by atoms with Gasteiger partial charge in [0.25, 0.3) is 11.5 Å². The number of hydrogen-bond acceptors (Lipinski definition) is 4. The standard InChI is InChI=1S/C22H23ClN4O2/c1-27(2)18-8-6-17(7-9-18)26-22(29)20-19(11-13-25-21(20)28)24-12-10-15-4-3-5-16(23)14-15/h3-9,11,13-14H,10,12H2,1-2H3,(H,26,29)(H2,24,25,28). The summed E-state index contributed by atoms with van der Waals surface area (Å²) in [6.07, 6.45) is 2.23. The molecule has 0 aliphatic carbocycles. The highest BCUT2D eigenvalue weighted by Gasteiger charge is 2.16. The van der Waals surface area contributed by atoms with E-state index in [2.05, 4.69) is 15.6 Å². The van der Waals surface area contributed by atoms with Gasteiger partial charge in [-0.2, -0.15) is 0 Å². The van der Waals surface area contributed by atoms with Gasteiger partial charge in [-0.25, -0.2) is 0 Å². The summed E-state index contributed by atoms with van der Waals surface area (Å²) >= 11 is 6.01. The minimum Gasteiger partial charge on any atom is -0.384 e. The number of halogens is 1. The summed E-state index contributed by atoms with van der Waals surface area (Å²) in [5, 5.41) is 6.65. The molecule has 0 fully saturated rings. The van der Waals surface area contributed by atoms with E-state index in [1.807, 2.05) is 55.4 Å². The number of nitrogens with one attached hydrogen (secondary N) is 3. The monoisotopic (exact) mass is 410 g/mol. The van der Waals surface area contributed by atoms with Crippen LogP contribution in [0.1, 0.15) is 15.9 Å². The van der Waals surface area contributed by atoms with Crippen LogP contribution in [0.15, 0.2) is 65.6 Å². The van der Waals surface area contributed by atoms with Crippen LogP contribution in [-0.2, 0) is 6.42 Å². The summed E-state index contributed by atoms with van der Waals surface area (Å²) in [6.45, 7) is 0.557. The van der Waals surface area contributed by atoms with E-state index in [1.54, 1.807) is 18.2 Å². The summed E-state index contributed by atoms with van der Waals surface area (Å²) in [6, 6.07) is 16.7. The van der Waals surface area contributed by atoms with Gasteiger partial charge < -0.3 is 20.5 Å². The lowest BCUT2D eigenvalue weighted by Crippen LogP contribution is -2.25. The largest absolute Gasteiger partial charge is 0.384 e. The average Bonchev–Trinajstić information content (AvgIpc) is 2.68. The molecule has 2 aromatic carbocycles. The second-order valence-electron chi connectivity index (χ2n) is 6.80. The van der Waals surface area contributed by atoms with Crippen LogP contribution in [-0.4, -0.2) is 31.5 Å². The molecule has 0 aliphatic rings. The van der Waals surface area contributed by atoms with Crippen molar-refractivity contribution in [1.82, 2.24) is 4.98 Å². The molecule has 0 radical (unpaired) electrons. The maximum absolute atomic E-state index is 12.8. The van der Waals surface area contributed by atoms with Crippen molar-refractivity contribution in [2.24, 2.45) is 0 Å². The lowest BCUT2D eigenvalue weighted by molar-refractivity contribution is 0.102. The predicted octanol–water partition coefficient (Wildman–Crippen LogP) is 4.00. The van der Waals surface area contributed by atoms with Crippen molar-refractivity contribution in [3.05, 3.63) is 87.3 Å². The Morgan fingerprint density at radius 1 is 1.10 bits per heavy atom. The van der Waals surface area contributed by atoms with E-state index in [1.165, 1.54) is 6.20 Å². The molecule has 0 saturated heterocycles. The van der Waals surface area contributed by atoms with Crippen LogP contribution in [0.4, 0.5) is 17.1 Å². The number of amides is 1. The summed E-state index contributed by atoms with van der Waals surface area (Å²) < 4.78 is 0. The number of carbonyl (C=O) groups excluding carboxylic acids is 1. The molecule has 1 heterocycles. The minimum absolute atomic E-state index is 0.0512. The Bertz CT molecular complexity index is 1050. The van der Waals surface area contributed by atoms with Gasteiger partial charge in [0.1, 0.15) is 5.56 Å². The van der Waals surface area contributed by atoms with E-state index in [9.17, 15) is 9.59 Å². The Balaban J connectivity index is 1.71. The number of H-pyrrole nitrogens is 1. The van der Waals surface area contributed by atoms with Crippen LogP contribution in [0, 0.1) is 0 Å². The molecule has 6 nitrogen and oxygen atoms in total. The zero-order chi connectivity index (χ0) is 20.8. The van der Waals surface area contributed by atoms with Crippen molar-refractivity contribution in [1.29, 1.82) is 0 Å². The van der Waals surface area contributed by atoms with Crippen molar-refractivity contribution < 1.29 is 4.79 Å². The summed E-state index contributed by atoms with van der Waals surface area (Å²) in [4.78, 5) is 29.6. The van der Waals surface area contributed by atoms with Crippen LogP contribution < -0.4 is 21.1 Å². The van der Waals surface area contributed by atoms with Crippen molar-refractivity contribution in [2.45, 2.75) is 6.42 Å². The Labute approximate surface area is 174 Å². The van der Waals surface area contributed by atoms with E-state index in [4.69, 9.17) is 11.6 Å². The molecular formula is C22H23ClN4O2. The Hall–Kier alpha value is -3.25. The highest BCUT2D eigenvalue weighted by atomic mass is 35.5. The van der Waals surface area contributed by atoms with Crippen LogP contribution in [0.2, 0.25) is 5.02 Å². The SMILES string of the molecule is CN(C)c1ccc(NC(=O)c2c(NCCc3cccc(Cl)c3)cc[nH]c2=O)cc1. The maximum Gasteiger partial charge on any atom is 0.263 e. The smallest absolute Gasteiger partial charge is 0.263 e. The number of aromatic nitrogens is 1. The number of carbonyl (C=O) groups is 1. The molecule has 0 saturated carbocycles. The van der Waals surface area contributed by atoms with Crippen molar-refractivity contribution in [2.75, 3.05) is 36.2 Å². The van der Waals surface area contributed by atoms with Crippen molar-refractivity contribution in [3.63, 3.8) is 0 Å². The number of hydrogen-bond donors (Lipinski definition) is 3. The second kappa shape index (κ2) is 9.30. The third-order valence-electron chi connectivity index (χ3n) is 4.45. The molecule has 3 rings (SSSR count). The molecule has 7 heteroatoms. The highest BCUT2D eigenvalue weighted by molar-refractivity contribution is 6.30. The molecule has 1 aromatic heterocycles. The number of benzene rings is 2. The zero-order valence-corrected chi connectivity index (χ0v) is 17.1. The lowest BCUT2D eigenvalue weighted by atomic mass is 10.1. The third-order valence-corrected chi connectivity index (χ3v) is 4.68. The van der Waals surface area contributed by atoms with Gasteiger partial charge in [0, 0.05) is 43.2 Å². The topological polar surface area (TPSA) is 77.2 Å². The number of rotatable bonds is 7. The number of nitrogens with zero attached hydrogens (tertiary/aromatic N) is 1. The molecule has 3 aromatic rings. The first-order valence-corrected chi connectivity index (χ1v) is 9.60. The first-order valence-electron chi connectivity index (χ1n) is 9.23. The molecule has 3 N–H and O–H groups in total. The number of aromatic amines is 1. The molecule has 0 aliphatic heterocycles. The summed E-state index contributed by atoms with van der Waals surface area (Å²) in [5.74, 6) is -0.463. The van der Waals surface area contributed by atoms with Gasteiger partial charge in [-0.05, 0) is 54.4 Å². The van der Waals surface area contributed by atoms with Crippen LogP contribution in [0.3, 0.4) is 0 Å². The molecular weight excluding hydrogens is 388 g/mol. The average molecular weight is 411 g/mol. The summed E-state index contributed by atoms with van der Waals surface area (Å²) in [7, 11) is 3.89. The number of anilines is 3. The molecule has 0 spiro atoms. The van der Waals surface area contributed by atoms with Crippen LogP contribution in [0.5, 0.6) is 0 Å². The van der Waals surface area contributed by atoms with E-state index >= 15 is 0 Å². The van der Waals surface area contributed by atoms with E-state index in [-0.39, 0.29) is 5.56 Å². The lowest BCUT2D eigenvalue weighted by Gasteiger charge is -2.14. The zero-order valence-electron chi connectivity index (χ0n) is 16.3. The molecule has 0 atom stereocenters. The van der Waals surface area contributed by atoms with Gasteiger partial charge in [-0.15, -0.1) is 0 Å². The molecule has 0 bridgehead atoms. The first kappa shape index (κ1) is 20.5. The highest BCUT2D eigenvalue weighted by Crippen LogP contribution is 2.18. The van der Waals surface area contributed by atoms with E-state index < -0.39 is 11.5 Å². The molecule has 0 unspecified atom stereocenters. The van der Waals surface area contributed by atoms with Crippen molar-refractivity contribution >= 4 is 34.6 Å². The normalized spacial score (nSPS) is 10.4. The quantitative estimate of drug-likeness (QED) is 0.550. The fourth-order valence-corrected chi connectivity index (χ4v) is 3.13.